The van der Waals surface area contributed by atoms with Gasteiger partial charge in [-0.2, -0.15) is 4.57 Å². The third-order valence-electron chi connectivity index (χ3n) is 2.82. The minimum Gasteiger partial charge on any atom is -0.338 e. The van der Waals surface area contributed by atoms with Crippen molar-refractivity contribution in [1.82, 2.24) is 10.6 Å². The maximum atomic E-state index is 11.7. The summed E-state index contributed by atoms with van der Waals surface area (Å²) in [6, 6.07) is 3.58. The van der Waals surface area contributed by atoms with Gasteiger partial charge in [0.25, 0.3) is 5.91 Å². The third kappa shape index (κ3) is 5.07. The number of hydrogen-bond acceptors (Lipinski definition) is 2. The molecule has 0 bridgehead atoms. The van der Waals surface area contributed by atoms with Crippen LogP contribution in [0.2, 0.25) is 0 Å². The highest BCUT2D eigenvalue weighted by Crippen LogP contribution is 1.98. The maximum Gasteiger partial charge on any atom is 0.321 e. The number of aromatic nitrogens is 1. The average Bonchev–Trinajstić information content (AvgIpc) is 2.38. The van der Waals surface area contributed by atoms with Crippen molar-refractivity contribution in [2.75, 3.05) is 6.54 Å². The third-order valence-corrected chi connectivity index (χ3v) is 2.82. The van der Waals surface area contributed by atoms with Crippen LogP contribution in [0, 0.1) is 6.92 Å². The zero-order valence-corrected chi connectivity index (χ0v) is 11.8. The number of imide groups is 1. The minimum atomic E-state index is -0.434. The van der Waals surface area contributed by atoms with Gasteiger partial charge >= 0.3 is 6.03 Å². The summed E-state index contributed by atoms with van der Waals surface area (Å²) < 4.78 is 1.85. The molecule has 5 nitrogen and oxygen atoms in total. The number of hydrogen-bond donors (Lipinski definition) is 2. The molecule has 0 aliphatic rings. The first-order valence-electron chi connectivity index (χ1n) is 6.63. The molecule has 0 atom stereocenters. The Balaban J connectivity index is 2.59. The molecule has 1 heterocycles. The molecule has 0 spiro atoms. The van der Waals surface area contributed by atoms with Gasteiger partial charge in [0.15, 0.2) is 11.9 Å². The molecule has 0 saturated carbocycles. The summed E-state index contributed by atoms with van der Waals surface area (Å²) in [6.07, 6.45) is 3.70. The number of pyridine rings is 1. The lowest BCUT2D eigenvalue weighted by atomic mass is 10.2. The van der Waals surface area contributed by atoms with Crippen molar-refractivity contribution in [1.29, 1.82) is 0 Å². The van der Waals surface area contributed by atoms with E-state index in [0.717, 1.165) is 24.1 Å². The fraction of sp³-hybridized carbons (Fsp3) is 0.500. The van der Waals surface area contributed by atoms with Gasteiger partial charge in [-0.25, -0.2) is 4.79 Å². The quantitative estimate of drug-likeness (QED) is 0.782. The van der Waals surface area contributed by atoms with Crippen LogP contribution in [-0.4, -0.2) is 18.5 Å². The summed E-state index contributed by atoms with van der Waals surface area (Å²) in [5.41, 5.74) is 2.15. The first-order chi connectivity index (χ1) is 9.06. The maximum absolute atomic E-state index is 11.7. The van der Waals surface area contributed by atoms with Crippen molar-refractivity contribution in [3.63, 3.8) is 0 Å². The highest BCUT2D eigenvalue weighted by atomic mass is 16.2. The van der Waals surface area contributed by atoms with E-state index in [0.29, 0.717) is 6.54 Å². The number of aryl methyl sites for hydroxylation is 2. The zero-order valence-electron chi connectivity index (χ0n) is 11.8. The van der Waals surface area contributed by atoms with Crippen molar-refractivity contribution < 1.29 is 14.2 Å². The SMILES string of the molecule is CCCNC(=O)NC(=O)C[n+]1cc(CC)ccc1C. The average molecular weight is 264 g/mol. The first kappa shape index (κ1) is 15.1. The van der Waals surface area contributed by atoms with E-state index < -0.39 is 6.03 Å². The Kier molecular flexibility index (Phi) is 5.99. The van der Waals surface area contributed by atoms with Crippen LogP contribution in [-0.2, 0) is 17.8 Å². The van der Waals surface area contributed by atoms with Gasteiger partial charge in [0.1, 0.15) is 0 Å². The van der Waals surface area contributed by atoms with Crippen molar-refractivity contribution >= 4 is 11.9 Å². The van der Waals surface area contributed by atoms with Crippen LogP contribution >= 0.6 is 0 Å². The first-order valence-corrected chi connectivity index (χ1v) is 6.63. The zero-order chi connectivity index (χ0) is 14.3. The summed E-state index contributed by atoms with van der Waals surface area (Å²) in [5, 5.41) is 4.92. The Morgan fingerprint density at radius 3 is 2.63 bits per heavy atom. The van der Waals surface area contributed by atoms with E-state index in [4.69, 9.17) is 0 Å². The molecule has 0 aliphatic carbocycles. The van der Waals surface area contributed by atoms with Crippen LogP contribution in [0.5, 0.6) is 0 Å². The Morgan fingerprint density at radius 1 is 1.26 bits per heavy atom. The van der Waals surface area contributed by atoms with E-state index in [2.05, 4.69) is 17.6 Å². The fourth-order valence-electron chi connectivity index (χ4n) is 1.65. The van der Waals surface area contributed by atoms with E-state index in [1.807, 2.05) is 36.7 Å². The van der Waals surface area contributed by atoms with Crippen LogP contribution in [0.1, 0.15) is 31.5 Å². The number of amides is 3. The molecule has 0 aliphatic heterocycles. The Hall–Kier alpha value is -1.91. The lowest BCUT2D eigenvalue weighted by molar-refractivity contribution is -0.690. The summed E-state index contributed by atoms with van der Waals surface area (Å²) in [5.74, 6) is -0.310. The Bertz CT molecular complexity index is 458. The van der Waals surface area contributed by atoms with Gasteiger partial charge in [0.05, 0.1) is 0 Å². The highest BCUT2D eigenvalue weighted by molar-refractivity contribution is 5.93. The second kappa shape index (κ2) is 7.51. The number of carbonyl (C=O) groups excluding carboxylic acids is 2. The molecule has 1 aromatic rings. The van der Waals surface area contributed by atoms with Gasteiger partial charge < -0.3 is 5.32 Å². The molecule has 1 rings (SSSR count). The molecule has 0 fully saturated rings. The molecule has 0 aromatic carbocycles. The summed E-state index contributed by atoms with van der Waals surface area (Å²) in [4.78, 5) is 23.1. The molecule has 0 radical (unpaired) electrons. The monoisotopic (exact) mass is 264 g/mol. The second-order valence-electron chi connectivity index (χ2n) is 4.46. The van der Waals surface area contributed by atoms with E-state index >= 15 is 0 Å². The lowest BCUT2D eigenvalue weighted by Crippen LogP contribution is -2.48. The van der Waals surface area contributed by atoms with Crippen molar-refractivity contribution in [3.05, 3.63) is 29.6 Å². The summed E-state index contributed by atoms with van der Waals surface area (Å²) in [6.45, 7) is 6.67. The van der Waals surface area contributed by atoms with Crippen LogP contribution in [0.4, 0.5) is 4.79 Å². The van der Waals surface area contributed by atoms with E-state index in [-0.39, 0.29) is 12.5 Å². The number of nitrogens with one attached hydrogen (secondary N) is 2. The summed E-state index contributed by atoms with van der Waals surface area (Å²) in [7, 11) is 0. The molecule has 0 unspecified atom stereocenters. The predicted octanol–water partition coefficient (Wildman–Crippen LogP) is 1.08. The molecule has 1 aromatic heterocycles. The van der Waals surface area contributed by atoms with Crippen LogP contribution in [0.25, 0.3) is 0 Å². The molecule has 2 N–H and O–H groups in total. The molecule has 19 heavy (non-hydrogen) atoms. The van der Waals surface area contributed by atoms with Crippen molar-refractivity contribution in [2.45, 2.75) is 40.2 Å². The second-order valence-corrected chi connectivity index (χ2v) is 4.46. The molecule has 5 heteroatoms. The largest absolute Gasteiger partial charge is 0.338 e. The van der Waals surface area contributed by atoms with Crippen molar-refractivity contribution in [2.24, 2.45) is 0 Å². The van der Waals surface area contributed by atoms with Gasteiger partial charge in [-0.1, -0.05) is 13.8 Å². The molecule has 104 valence electrons. The van der Waals surface area contributed by atoms with Crippen LogP contribution in [0.3, 0.4) is 0 Å². The van der Waals surface area contributed by atoms with Gasteiger partial charge in [0.2, 0.25) is 6.54 Å². The van der Waals surface area contributed by atoms with Crippen molar-refractivity contribution in [3.8, 4) is 0 Å². The number of nitrogens with zero attached hydrogens (tertiary/aromatic N) is 1. The van der Waals surface area contributed by atoms with Crippen LogP contribution < -0.4 is 15.2 Å². The highest BCUT2D eigenvalue weighted by Gasteiger charge is 2.15. The smallest absolute Gasteiger partial charge is 0.321 e. The van der Waals surface area contributed by atoms with Gasteiger partial charge in [0, 0.05) is 25.1 Å². The van der Waals surface area contributed by atoms with Gasteiger partial charge in [-0.3, -0.25) is 10.1 Å². The normalized spacial score (nSPS) is 10.1. The number of carbonyl (C=O) groups is 2. The number of urea groups is 1. The molecule has 3 amide bonds. The van der Waals surface area contributed by atoms with E-state index in [1.54, 1.807) is 0 Å². The van der Waals surface area contributed by atoms with Crippen LogP contribution in [0.15, 0.2) is 18.3 Å². The topological polar surface area (TPSA) is 62.1 Å². The van der Waals surface area contributed by atoms with E-state index in [9.17, 15) is 9.59 Å². The lowest BCUT2D eigenvalue weighted by Gasteiger charge is -2.05. The van der Waals surface area contributed by atoms with E-state index in [1.165, 1.54) is 0 Å². The Morgan fingerprint density at radius 2 is 2.00 bits per heavy atom. The number of rotatable bonds is 5. The molecular formula is C14H22N3O2+. The molecular weight excluding hydrogens is 242 g/mol. The predicted molar refractivity (Wildman–Crippen MR) is 72.6 cm³/mol. The summed E-state index contributed by atoms with van der Waals surface area (Å²) >= 11 is 0. The minimum absolute atomic E-state index is 0.152. The van der Waals surface area contributed by atoms with Gasteiger partial charge in [-0.15, -0.1) is 0 Å². The van der Waals surface area contributed by atoms with Gasteiger partial charge in [-0.05, 0) is 18.9 Å². The Labute approximate surface area is 114 Å². The molecule has 0 saturated heterocycles. The fourth-order valence-corrected chi connectivity index (χ4v) is 1.65. The standard InChI is InChI=1S/C14H21N3O2/c1-4-8-15-14(19)16-13(18)10-17-9-12(5-2)7-6-11(17)3/h6-7,9H,4-5,8,10H2,1-3H3,(H-,15,16,18,19)/p+1.